The number of nitrogens with one attached hydrogen (secondary N) is 1. The van der Waals surface area contributed by atoms with Crippen LogP contribution in [-0.2, 0) is 4.79 Å². The number of hydrogen-bond acceptors (Lipinski definition) is 6. The van der Waals surface area contributed by atoms with E-state index in [4.69, 9.17) is 0 Å². The number of amides is 1. The Kier molecular flexibility index (Phi) is 6.61. The van der Waals surface area contributed by atoms with Crippen LogP contribution in [0.3, 0.4) is 0 Å². The largest absolute Gasteiger partial charge is 0.368 e. The Morgan fingerprint density at radius 3 is 2.45 bits per heavy atom. The van der Waals surface area contributed by atoms with E-state index in [9.17, 15) is 13.6 Å². The molecule has 1 aliphatic heterocycles. The molecule has 31 heavy (non-hydrogen) atoms. The van der Waals surface area contributed by atoms with Crippen LogP contribution in [0.1, 0.15) is 0 Å². The monoisotopic (exact) mass is 441 g/mol. The van der Waals surface area contributed by atoms with E-state index < -0.39 is 17.5 Å². The summed E-state index contributed by atoms with van der Waals surface area (Å²) in [6, 6.07) is 15.2. The van der Waals surface area contributed by atoms with Crippen molar-refractivity contribution < 1.29 is 13.6 Å². The number of para-hydroxylation sites is 1. The van der Waals surface area contributed by atoms with Gasteiger partial charge in [-0.25, -0.2) is 18.7 Å². The third-order valence-corrected chi connectivity index (χ3v) is 5.83. The molecule has 3 aromatic rings. The van der Waals surface area contributed by atoms with Crippen LogP contribution >= 0.6 is 11.8 Å². The van der Waals surface area contributed by atoms with E-state index in [-0.39, 0.29) is 11.4 Å². The summed E-state index contributed by atoms with van der Waals surface area (Å²) in [6.07, 6.45) is 1.48. The normalized spacial score (nSPS) is 13.9. The van der Waals surface area contributed by atoms with Crippen molar-refractivity contribution in [3.8, 4) is 0 Å². The second-order valence-corrected chi connectivity index (χ2v) is 7.98. The highest BCUT2D eigenvalue weighted by Crippen LogP contribution is 2.23. The summed E-state index contributed by atoms with van der Waals surface area (Å²) in [5.74, 6) is -1.03. The minimum atomic E-state index is -0.808. The van der Waals surface area contributed by atoms with Gasteiger partial charge in [-0.3, -0.25) is 4.79 Å². The maximum Gasteiger partial charge on any atom is 0.234 e. The molecule has 0 bridgehead atoms. The number of carbonyl (C=O) groups is 1. The van der Waals surface area contributed by atoms with E-state index in [0.717, 1.165) is 44.1 Å². The van der Waals surface area contributed by atoms with Gasteiger partial charge < -0.3 is 15.1 Å². The predicted molar refractivity (Wildman–Crippen MR) is 119 cm³/mol. The lowest BCUT2D eigenvalue weighted by Crippen LogP contribution is -2.46. The molecule has 1 fully saturated rings. The zero-order chi connectivity index (χ0) is 21.6. The molecule has 0 atom stereocenters. The van der Waals surface area contributed by atoms with Crippen LogP contribution in [0.4, 0.5) is 26.0 Å². The molecule has 1 aromatic heterocycles. The summed E-state index contributed by atoms with van der Waals surface area (Å²) < 4.78 is 26.7. The van der Waals surface area contributed by atoms with E-state index in [2.05, 4.69) is 37.2 Å². The first-order valence-corrected chi connectivity index (χ1v) is 10.8. The number of piperazine rings is 1. The van der Waals surface area contributed by atoms with E-state index in [1.807, 2.05) is 24.3 Å². The van der Waals surface area contributed by atoms with Crippen molar-refractivity contribution in [2.45, 2.75) is 5.03 Å². The second-order valence-electron chi connectivity index (χ2n) is 6.99. The molecule has 4 rings (SSSR count). The maximum atomic E-state index is 13.7. The molecular weight excluding hydrogens is 420 g/mol. The molecule has 1 N–H and O–H groups in total. The first-order chi connectivity index (χ1) is 15.1. The van der Waals surface area contributed by atoms with Crippen molar-refractivity contribution in [3.05, 3.63) is 72.6 Å². The molecule has 1 aliphatic rings. The average Bonchev–Trinajstić information content (AvgIpc) is 2.80. The average molecular weight is 442 g/mol. The van der Waals surface area contributed by atoms with Crippen molar-refractivity contribution in [2.24, 2.45) is 0 Å². The van der Waals surface area contributed by atoms with Crippen LogP contribution in [-0.4, -0.2) is 47.8 Å². The van der Waals surface area contributed by atoms with Crippen molar-refractivity contribution in [3.63, 3.8) is 0 Å². The van der Waals surface area contributed by atoms with Gasteiger partial charge in [0.25, 0.3) is 0 Å². The van der Waals surface area contributed by atoms with Gasteiger partial charge in [0, 0.05) is 44.0 Å². The lowest BCUT2D eigenvalue weighted by Gasteiger charge is -2.36. The van der Waals surface area contributed by atoms with E-state index in [1.54, 1.807) is 0 Å². The number of thioether (sulfide) groups is 1. The Morgan fingerprint density at radius 1 is 0.968 bits per heavy atom. The molecule has 0 saturated carbocycles. The summed E-state index contributed by atoms with van der Waals surface area (Å²) >= 11 is 1.24. The third kappa shape index (κ3) is 5.49. The molecule has 160 valence electrons. The molecule has 0 spiro atoms. The van der Waals surface area contributed by atoms with Crippen LogP contribution in [0.5, 0.6) is 0 Å². The highest BCUT2D eigenvalue weighted by molar-refractivity contribution is 7.99. The first-order valence-electron chi connectivity index (χ1n) is 9.83. The number of anilines is 3. The fraction of sp³-hybridized carbons (Fsp3) is 0.227. The van der Waals surface area contributed by atoms with Crippen LogP contribution in [0.25, 0.3) is 0 Å². The van der Waals surface area contributed by atoms with Gasteiger partial charge in [-0.15, -0.1) is 0 Å². The fourth-order valence-corrected chi connectivity index (χ4v) is 3.99. The highest BCUT2D eigenvalue weighted by atomic mass is 32.2. The van der Waals surface area contributed by atoms with Crippen LogP contribution < -0.4 is 15.1 Å². The van der Waals surface area contributed by atoms with Crippen molar-refractivity contribution in [2.75, 3.05) is 47.0 Å². The molecule has 1 amide bonds. The summed E-state index contributed by atoms with van der Waals surface area (Å²) in [5.41, 5.74) is 1.16. The van der Waals surface area contributed by atoms with Gasteiger partial charge in [-0.2, -0.15) is 0 Å². The van der Waals surface area contributed by atoms with Crippen molar-refractivity contribution in [1.29, 1.82) is 0 Å². The quantitative estimate of drug-likeness (QED) is 0.464. The summed E-state index contributed by atoms with van der Waals surface area (Å²) in [5, 5.41) is 3.10. The summed E-state index contributed by atoms with van der Waals surface area (Å²) in [4.78, 5) is 25.3. The smallest absolute Gasteiger partial charge is 0.234 e. The standard InChI is InChI=1S/C22H21F2N5OS/c23-16-6-7-19(18(24)12-16)27-21(30)14-31-22-13-20(25-15-26-22)29-10-8-28(9-11-29)17-4-2-1-3-5-17/h1-7,12-13,15H,8-11,14H2,(H,27,30). The van der Waals surface area contributed by atoms with Crippen molar-refractivity contribution in [1.82, 2.24) is 9.97 Å². The van der Waals surface area contributed by atoms with Gasteiger partial charge >= 0.3 is 0 Å². The van der Waals surface area contributed by atoms with E-state index >= 15 is 0 Å². The molecule has 0 unspecified atom stereocenters. The number of halogens is 2. The number of rotatable bonds is 6. The topological polar surface area (TPSA) is 61.4 Å². The predicted octanol–water partition coefficient (Wildman–Crippen LogP) is 3.81. The molecule has 9 heteroatoms. The molecule has 0 aliphatic carbocycles. The Morgan fingerprint density at radius 2 is 1.71 bits per heavy atom. The fourth-order valence-electron chi connectivity index (χ4n) is 3.33. The number of benzene rings is 2. The number of carbonyl (C=O) groups excluding carboxylic acids is 1. The lowest BCUT2D eigenvalue weighted by molar-refractivity contribution is -0.113. The molecule has 2 heterocycles. The van der Waals surface area contributed by atoms with E-state index in [1.165, 1.54) is 29.8 Å². The minimum Gasteiger partial charge on any atom is -0.368 e. The molecule has 6 nitrogen and oxygen atoms in total. The van der Waals surface area contributed by atoms with Gasteiger partial charge in [0.1, 0.15) is 28.8 Å². The van der Waals surface area contributed by atoms with Gasteiger partial charge in [0.15, 0.2) is 0 Å². The number of hydrogen-bond donors (Lipinski definition) is 1. The zero-order valence-corrected chi connectivity index (χ0v) is 17.5. The van der Waals surface area contributed by atoms with Gasteiger partial charge in [-0.1, -0.05) is 30.0 Å². The summed E-state index contributed by atoms with van der Waals surface area (Å²) in [6.45, 7) is 3.45. The first kappa shape index (κ1) is 21.0. The number of aromatic nitrogens is 2. The van der Waals surface area contributed by atoms with Crippen LogP contribution in [0.2, 0.25) is 0 Å². The molecule has 2 aromatic carbocycles. The minimum absolute atomic E-state index is 0.0494. The maximum absolute atomic E-state index is 13.7. The van der Waals surface area contributed by atoms with E-state index in [0.29, 0.717) is 5.03 Å². The lowest BCUT2D eigenvalue weighted by atomic mass is 10.2. The Hall–Kier alpha value is -3.20. The van der Waals surface area contributed by atoms with Gasteiger partial charge in [-0.05, 0) is 24.3 Å². The molecule has 1 saturated heterocycles. The molecular formula is C22H21F2N5OS. The zero-order valence-electron chi connectivity index (χ0n) is 16.7. The molecule has 0 radical (unpaired) electrons. The van der Waals surface area contributed by atoms with Crippen molar-refractivity contribution >= 4 is 34.9 Å². The summed E-state index contributed by atoms with van der Waals surface area (Å²) in [7, 11) is 0. The van der Waals surface area contributed by atoms with Crippen LogP contribution in [0, 0.1) is 11.6 Å². The highest BCUT2D eigenvalue weighted by Gasteiger charge is 2.19. The Labute approximate surface area is 183 Å². The second kappa shape index (κ2) is 9.74. The Bertz CT molecular complexity index is 1050. The third-order valence-electron chi connectivity index (χ3n) is 4.91. The number of nitrogens with zero attached hydrogens (tertiary/aromatic N) is 4. The SMILES string of the molecule is O=C(CSc1cc(N2CCN(c3ccccc3)CC2)ncn1)Nc1ccc(F)cc1F. The van der Waals surface area contributed by atoms with Crippen LogP contribution in [0.15, 0.2) is 66.0 Å². The van der Waals surface area contributed by atoms with Gasteiger partial charge in [0.05, 0.1) is 11.4 Å². The van der Waals surface area contributed by atoms with Gasteiger partial charge in [0.2, 0.25) is 5.91 Å². The Balaban J connectivity index is 1.31.